The van der Waals surface area contributed by atoms with Gasteiger partial charge in [0.25, 0.3) is 5.89 Å². The number of hydrogen-bond donors (Lipinski definition) is 0. The van der Waals surface area contributed by atoms with Crippen molar-refractivity contribution in [2.45, 2.75) is 13.0 Å². The van der Waals surface area contributed by atoms with Crippen molar-refractivity contribution >= 4 is 11.8 Å². The van der Waals surface area contributed by atoms with Crippen LogP contribution in [0.15, 0.2) is 89.3 Å². The zero-order valence-corrected chi connectivity index (χ0v) is 16.2. The molecule has 0 saturated carbocycles. The van der Waals surface area contributed by atoms with Crippen molar-refractivity contribution in [1.29, 1.82) is 0 Å². The molecule has 0 unspecified atom stereocenters. The normalized spacial score (nSPS) is 11.6. The van der Waals surface area contributed by atoms with Gasteiger partial charge in [0, 0.05) is 16.7 Å². The van der Waals surface area contributed by atoms with Crippen LogP contribution in [0, 0.1) is 0 Å². The lowest BCUT2D eigenvalue weighted by molar-refractivity contribution is 0.0278. The van der Waals surface area contributed by atoms with E-state index in [4.69, 9.17) is 9.15 Å². The van der Waals surface area contributed by atoms with E-state index in [-0.39, 0.29) is 22.8 Å². The number of benzene rings is 3. The smallest absolute Gasteiger partial charge is 0.339 e. The highest BCUT2D eigenvalue weighted by molar-refractivity contribution is 6.14. The molecule has 0 bridgehead atoms. The average Bonchev–Trinajstić information content (AvgIpc) is 3.30. The average molecular weight is 398 g/mol. The Bertz CT molecular complexity index is 1170. The zero-order valence-electron chi connectivity index (χ0n) is 16.2. The highest BCUT2D eigenvalue weighted by Gasteiger charge is 2.23. The minimum absolute atomic E-state index is 0.175. The van der Waals surface area contributed by atoms with Gasteiger partial charge in [-0.05, 0) is 25.1 Å². The largest absolute Gasteiger partial charge is 0.449 e. The number of nitrogens with zero attached hydrogens (tertiary/aromatic N) is 2. The number of carbonyl (C=O) groups excluding carboxylic acids is 2. The van der Waals surface area contributed by atoms with E-state index in [1.54, 1.807) is 55.5 Å². The first-order valence-electron chi connectivity index (χ1n) is 9.42. The summed E-state index contributed by atoms with van der Waals surface area (Å²) in [6.07, 6.45) is -0.776. The van der Waals surface area contributed by atoms with E-state index in [9.17, 15) is 9.59 Å². The lowest BCUT2D eigenvalue weighted by Crippen LogP contribution is -2.14. The third kappa shape index (κ3) is 4.03. The Labute approximate surface area is 173 Å². The second-order valence-corrected chi connectivity index (χ2v) is 6.60. The number of carbonyl (C=O) groups is 2. The molecular formula is C24H18N2O4. The first-order valence-corrected chi connectivity index (χ1v) is 9.42. The molecule has 6 nitrogen and oxygen atoms in total. The van der Waals surface area contributed by atoms with E-state index >= 15 is 0 Å². The summed E-state index contributed by atoms with van der Waals surface area (Å²) in [4.78, 5) is 25.6. The molecule has 4 rings (SSSR count). The van der Waals surface area contributed by atoms with Crippen molar-refractivity contribution in [3.63, 3.8) is 0 Å². The molecule has 0 radical (unpaired) electrons. The molecule has 0 aliphatic heterocycles. The van der Waals surface area contributed by atoms with Crippen LogP contribution in [0.2, 0.25) is 0 Å². The standard InChI is InChI=1S/C24H18N2O4/c1-16(22-25-26-23(30-22)18-12-6-3-7-13-18)29-24(28)20-15-9-8-14-19(20)21(27)17-10-4-2-5-11-17/h2-16H,1H3/t16-/m0/s1. The Balaban J connectivity index is 1.54. The highest BCUT2D eigenvalue weighted by Crippen LogP contribution is 2.24. The van der Waals surface area contributed by atoms with Crippen molar-refractivity contribution in [2.24, 2.45) is 0 Å². The fraction of sp³-hybridized carbons (Fsp3) is 0.0833. The summed E-state index contributed by atoms with van der Waals surface area (Å²) in [7, 11) is 0. The molecule has 0 fully saturated rings. The minimum atomic E-state index is -0.776. The Morgan fingerprint density at radius 1 is 0.800 bits per heavy atom. The summed E-state index contributed by atoms with van der Waals surface area (Å²) in [6.45, 7) is 1.64. The Morgan fingerprint density at radius 2 is 1.40 bits per heavy atom. The molecule has 1 aromatic heterocycles. The highest BCUT2D eigenvalue weighted by atomic mass is 16.6. The SMILES string of the molecule is C[C@H](OC(=O)c1ccccc1C(=O)c1ccccc1)c1nnc(-c2ccccc2)o1. The fourth-order valence-corrected chi connectivity index (χ4v) is 2.97. The molecule has 30 heavy (non-hydrogen) atoms. The van der Waals surface area contributed by atoms with Gasteiger partial charge in [0.2, 0.25) is 5.89 Å². The van der Waals surface area contributed by atoms with Gasteiger partial charge in [-0.2, -0.15) is 0 Å². The van der Waals surface area contributed by atoms with Gasteiger partial charge in [-0.1, -0.05) is 66.7 Å². The first-order chi connectivity index (χ1) is 14.6. The molecule has 4 aromatic rings. The van der Waals surface area contributed by atoms with Crippen LogP contribution < -0.4 is 0 Å². The van der Waals surface area contributed by atoms with Gasteiger partial charge in [0.05, 0.1) is 5.56 Å². The number of ether oxygens (including phenoxy) is 1. The summed E-state index contributed by atoms with van der Waals surface area (Å²) < 4.78 is 11.2. The molecule has 3 aromatic carbocycles. The van der Waals surface area contributed by atoms with Crippen LogP contribution in [0.25, 0.3) is 11.5 Å². The minimum Gasteiger partial charge on any atom is -0.449 e. The van der Waals surface area contributed by atoms with Gasteiger partial charge >= 0.3 is 5.97 Å². The summed E-state index contributed by atoms with van der Waals surface area (Å²) in [5.41, 5.74) is 1.72. The number of aromatic nitrogens is 2. The van der Waals surface area contributed by atoms with E-state index in [2.05, 4.69) is 10.2 Å². The summed E-state index contributed by atoms with van der Waals surface area (Å²) >= 11 is 0. The third-order valence-electron chi connectivity index (χ3n) is 4.52. The van der Waals surface area contributed by atoms with Crippen LogP contribution in [-0.2, 0) is 4.74 Å². The van der Waals surface area contributed by atoms with Crippen LogP contribution in [0.5, 0.6) is 0 Å². The molecule has 0 aliphatic carbocycles. The third-order valence-corrected chi connectivity index (χ3v) is 4.52. The molecule has 1 heterocycles. The second kappa shape index (κ2) is 8.53. The Morgan fingerprint density at radius 3 is 2.10 bits per heavy atom. The van der Waals surface area contributed by atoms with Crippen LogP contribution in [-0.4, -0.2) is 21.9 Å². The lowest BCUT2D eigenvalue weighted by Gasteiger charge is -2.12. The Hall–Kier alpha value is -4.06. The van der Waals surface area contributed by atoms with E-state index in [1.807, 2.05) is 36.4 Å². The van der Waals surface area contributed by atoms with Gasteiger partial charge < -0.3 is 9.15 Å². The van der Waals surface area contributed by atoms with Gasteiger partial charge in [0.15, 0.2) is 11.9 Å². The molecule has 148 valence electrons. The van der Waals surface area contributed by atoms with Crippen molar-refractivity contribution in [3.05, 3.63) is 108 Å². The lowest BCUT2D eigenvalue weighted by atomic mass is 9.98. The molecule has 6 heteroatoms. The predicted octanol–water partition coefficient (Wildman–Crippen LogP) is 4.89. The number of esters is 1. The van der Waals surface area contributed by atoms with Gasteiger partial charge in [0.1, 0.15) is 0 Å². The Kier molecular flexibility index (Phi) is 5.48. The van der Waals surface area contributed by atoms with Crippen LogP contribution in [0.1, 0.15) is 45.2 Å². The zero-order chi connectivity index (χ0) is 20.9. The van der Waals surface area contributed by atoms with E-state index in [0.29, 0.717) is 11.5 Å². The summed E-state index contributed by atoms with van der Waals surface area (Å²) in [6, 6.07) is 24.7. The fourth-order valence-electron chi connectivity index (χ4n) is 2.97. The van der Waals surface area contributed by atoms with Gasteiger partial charge in [-0.3, -0.25) is 4.79 Å². The number of rotatable bonds is 6. The molecule has 0 saturated heterocycles. The van der Waals surface area contributed by atoms with E-state index < -0.39 is 12.1 Å². The second-order valence-electron chi connectivity index (χ2n) is 6.60. The number of ketones is 1. The topological polar surface area (TPSA) is 82.3 Å². The van der Waals surface area contributed by atoms with Crippen LogP contribution >= 0.6 is 0 Å². The van der Waals surface area contributed by atoms with Crippen molar-refractivity contribution < 1.29 is 18.7 Å². The number of hydrogen-bond acceptors (Lipinski definition) is 6. The van der Waals surface area contributed by atoms with Crippen molar-refractivity contribution in [3.8, 4) is 11.5 Å². The molecule has 0 aliphatic rings. The maximum atomic E-state index is 12.8. The first kappa shape index (κ1) is 19.3. The molecule has 1 atom stereocenters. The van der Waals surface area contributed by atoms with Crippen LogP contribution in [0.4, 0.5) is 0 Å². The van der Waals surface area contributed by atoms with Crippen molar-refractivity contribution in [1.82, 2.24) is 10.2 Å². The molecule has 0 N–H and O–H groups in total. The molecule has 0 spiro atoms. The van der Waals surface area contributed by atoms with Crippen molar-refractivity contribution in [2.75, 3.05) is 0 Å². The maximum Gasteiger partial charge on any atom is 0.339 e. The van der Waals surface area contributed by atoms with Gasteiger partial charge in [-0.25, -0.2) is 4.79 Å². The van der Waals surface area contributed by atoms with E-state index in [1.165, 1.54) is 0 Å². The summed E-state index contributed by atoms with van der Waals surface area (Å²) in [5.74, 6) is -0.371. The molecular weight excluding hydrogens is 380 g/mol. The monoisotopic (exact) mass is 398 g/mol. The molecule has 0 amide bonds. The quantitative estimate of drug-likeness (QED) is 0.340. The summed E-state index contributed by atoms with van der Waals surface area (Å²) in [5, 5.41) is 7.99. The van der Waals surface area contributed by atoms with Crippen LogP contribution in [0.3, 0.4) is 0 Å². The van der Waals surface area contributed by atoms with Gasteiger partial charge in [-0.15, -0.1) is 10.2 Å². The maximum absolute atomic E-state index is 12.8. The predicted molar refractivity (Wildman–Crippen MR) is 110 cm³/mol. The van der Waals surface area contributed by atoms with E-state index in [0.717, 1.165) is 5.56 Å².